The molecule has 0 fully saturated rings. The van der Waals surface area contributed by atoms with E-state index in [1.807, 2.05) is 6.07 Å². The van der Waals surface area contributed by atoms with Gasteiger partial charge in [-0.05, 0) is 32.0 Å². The summed E-state index contributed by atoms with van der Waals surface area (Å²) in [5.41, 5.74) is 2.16. The molecule has 0 aliphatic rings. The molecule has 0 aliphatic heterocycles. The van der Waals surface area contributed by atoms with Crippen molar-refractivity contribution < 1.29 is 4.39 Å². The molecular weight excluding hydrogens is 231 g/mol. The fourth-order valence-electron chi connectivity index (χ4n) is 2.03. The van der Waals surface area contributed by atoms with Crippen molar-refractivity contribution in [2.75, 3.05) is 0 Å². The standard InChI is InChI=1S/C14H11FN2O/c1-9-5-13(18)6-10(2)17(9)14-4-3-12(15)7-11(14)8-16/h3-7H,1-2H3. The maximum atomic E-state index is 13.1. The van der Waals surface area contributed by atoms with Gasteiger partial charge in [-0.1, -0.05) is 0 Å². The SMILES string of the molecule is Cc1cc(=O)cc(C)n1-c1ccc(F)cc1C#N. The maximum Gasteiger partial charge on any atom is 0.182 e. The fraction of sp³-hybridized carbons (Fsp3) is 0.143. The highest BCUT2D eigenvalue weighted by Gasteiger charge is 2.09. The van der Waals surface area contributed by atoms with Gasteiger partial charge in [-0.25, -0.2) is 4.39 Å². The number of pyridine rings is 1. The summed E-state index contributed by atoms with van der Waals surface area (Å²) in [6.07, 6.45) is 0. The lowest BCUT2D eigenvalue weighted by atomic mass is 10.1. The quantitative estimate of drug-likeness (QED) is 0.771. The molecule has 3 nitrogen and oxygen atoms in total. The van der Waals surface area contributed by atoms with Crippen molar-refractivity contribution in [1.29, 1.82) is 5.26 Å². The van der Waals surface area contributed by atoms with E-state index < -0.39 is 5.82 Å². The van der Waals surface area contributed by atoms with Crippen LogP contribution in [-0.2, 0) is 0 Å². The predicted octanol–water partition coefficient (Wildman–Crippen LogP) is 2.47. The smallest absolute Gasteiger partial charge is 0.182 e. The summed E-state index contributed by atoms with van der Waals surface area (Å²) in [6.45, 7) is 3.55. The first-order chi connectivity index (χ1) is 8.52. The second kappa shape index (κ2) is 4.46. The average molecular weight is 242 g/mol. The molecule has 2 aromatic rings. The van der Waals surface area contributed by atoms with E-state index in [0.29, 0.717) is 17.1 Å². The van der Waals surface area contributed by atoms with E-state index in [-0.39, 0.29) is 11.0 Å². The number of rotatable bonds is 1. The zero-order chi connectivity index (χ0) is 13.3. The van der Waals surface area contributed by atoms with Gasteiger partial charge in [0.15, 0.2) is 5.43 Å². The number of hydrogen-bond donors (Lipinski definition) is 0. The molecule has 0 saturated carbocycles. The summed E-state index contributed by atoms with van der Waals surface area (Å²) >= 11 is 0. The van der Waals surface area contributed by atoms with Crippen LogP contribution in [0.5, 0.6) is 0 Å². The minimum Gasteiger partial charge on any atom is -0.317 e. The van der Waals surface area contributed by atoms with Crippen LogP contribution in [0.3, 0.4) is 0 Å². The van der Waals surface area contributed by atoms with E-state index in [0.717, 1.165) is 0 Å². The molecule has 90 valence electrons. The largest absolute Gasteiger partial charge is 0.317 e. The molecule has 4 heteroatoms. The third-order valence-electron chi connectivity index (χ3n) is 2.73. The normalized spacial score (nSPS) is 10.1. The number of hydrogen-bond acceptors (Lipinski definition) is 2. The first-order valence-corrected chi connectivity index (χ1v) is 5.43. The Hall–Kier alpha value is -2.41. The summed E-state index contributed by atoms with van der Waals surface area (Å²) < 4.78 is 14.9. The van der Waals surface area contributed by atoms with Gasteiger partial charge in [0.25, 0.3) is 0 Å². The van der Waals surface area contributed by atoms with Crippen LogP contribution < -0.4 is 5.43 Å². The average Bonchev–Trinajstić information content (AvgIpc) is 2.29. The molecule has 0 atom stereocenters. The third kappa shape index (κ3) is 2.03. The van der Waals surface area contributed by atoms with Gasteiger partial charge in [0.2, 0.25) is 0 Å². The van der Waals surface area contributed by atoms with Gasteiger partial charge < -0.3 is 4.57 Å². The number of nitriles is 1. The zero-order valence-electron chi connectivity index (χ0n) is 10.1. The minimum atomic E-state index is -0.452. The van der Waals surface area contributed by atoms with Crippen molar-refractivity contribution in [3.63, 3.8) is 0 Å². The van der Waals surface area contributed by atoms with Crippen LogP contribution in [0.2, 0.25) is 0 Å². The number of aryl methyl sites for hydroxylation is 2. The first-order valence-electron chi connectivity index (χ1n) is 5.43. The molecule has 0 saturated heterocycles. The van der Waals surface area contributed by atoms with Crippen molar-refractivity contribution in [3.05, 3.63) is 63.3 Å². The van der Waals surface area contributed by atoms with Gasteiger partial charge in [0, 0.05) is 23.5 Å². The number of nitrogens with zero attached hydrogens (tertiary/aromatic N) is 2. The summed E-state index contributed by atoms with van der Waals surface area (Å²) in [7, 11) is 0. The van der Waals surface area contributed by atoms with E-state index >= 15 is 0 Å². The Labute approximate surface area is 104 Å². The molecule has 1 aromatic heterocycles. The zero-order valence-corrected chi connectivity index (χ0v) is 10.1. The highest BCUT2D eigenvalue weighted by atomic mass is 19.1. The molecule has 1 aromatic carbocycles. The van der Waals surface area contributed by atoms with Gasteiger partial charge in [0.05, 0.1) is 11.3 Å². The van der Waals surface area contributed by atoms with Crippen molar-refractivity contribution in [2.45, 2.75) is 13.8 Å². The van der Waals surface area contributed by atoms with E-state index in [4.69, 9.17) is 5.26 Å². The van der Waals surface area contributed by atoms with Gasteiger partial charge >= 0.3 is 0 Å². The van der Waals surface area contributed by atoms with Crippen LogP contribution in [0.15, 0.2) is 35.1 Å². The molecule has 0 bridgehead atoms. The summed E-state index contributed by atoms with van der Waals surface area (Å²) in [5.74, 6) is -0.452. The van der Waals surface area contributed by atoms with E-state index in [1.54, 1.807) is 24.5 Å². The van der Waals surface area contributed by atoms with Crippen molar-refractivity contribution in [3.8, 4) is 11.8 Å². The summed E-state index contributed by atoms with van der Waals surface area (Å²) in [5, 5.41) is 9.05. The molecule has 0 aliphatic carbocycles. The fourth-order valence-corrected chi connectivity index (χ4v) is 2.03. The van der Waals surface area contributed by atoms with Crippen LogP contribution >= 0.6 is 0 Å². The minimum absolute atomic E-state index is 0.0816. The number of benzene rings is 1. The van der Waals surface area contributed by atoms with Gasteiger partial charge in [-0.2, -0.15) is 5.26 Å². The van der Waals surface area contributed by atoms with Crippen LogP contribution in [0.4, 0.5) is 4.39 Å². The van der Waals surface area contributed by atoms with Crippen LogP contribution in [0, 0.1) is 31.0 Å². The lowest BCUT2D eigenvalue weighted by molar-refractivity contribution is 0.626. The van der Waals surface area contributed by atoms with Crippen LogP contribution in [0.1, 0.15) is 17.0 Å². The molecular formula is C14H11FN2O. The number of halogens is 1. The monoisotopic (exact) mass is 242 g/mol. The van der Waals surface area contributed by atoms with E-state index in [1.165, 1.54) is 24.3 Å². The molecule has 18 heavy (non-hydrogen) atoms. The molecule has 0 N–H and O–H groups in total. The topological polar surface area (TPSA) is 45.8 Å². The molecule has 2 rings (SSSR count). The molecule has 1 heterocycles. The van der Waals surface area contributed by atoms with Crippen molar-refractivity contribution in [1.82, 2.24) is 4.57 Å². The van der Waals surface area contributed by atoms with E-state index in [9.17, 15) is 9.18 Å². The highest BCUT2D eigenvalue weighted by molar-refractivity contribution is 5.50. The second-order valence-electron chi connectivity index (χ2n) is 4.08. The number of aromatic nitrogens is 1. The van der Waals surface area contributed by atoms with Gasteiger partial charge in [-0.15, -0.1) is 0 Å². The molecule has 0 radical (unpaired) electrons. The van der Waals surface area contributed by atoms with Gasteiger partial charge in [0.1, 0.15) is 11.9 Å². The van der Waals surface area contributed by atoms with Crippen LogP contribution in [0.25, 0.3) is 5.69 Å². The Balaban J connectivity index is 2.78. The van der Waals surface area contributed by atoms with Crippen LogP contribution in [-0.4, -0.2) is 4.57 Å². The second-order valence-corrected chi connectivity index (χ2v) is 4.08. The molecule has 0 spiro atoms. The van der Waals surface area contributed by atoms with E-state index in [2.05, 4.69) is 0 Å². The Morgan fingerprint density at radius 1 is 1.17 bits per heavy atom. The summed E-state index contributed by atoms with van der Waals surface area (Å²) in [4.78, 5) is 11.4. The van der Waals surface area contributed by atoms with Crippen molar-refractivity contribution in [2.24, 2.45) is 0 Å². The lowest BCUT2D eigenvalue weighted by Gasteiger charge is -2.15. The lowest BCUT2D eigenvalue weighted by Crippen LogP contribution is -2.12. The van der Waals surface area contributed by atoms with Gasteiger partial charge in [-0.3, -0.25) is 4.79 Å². The summed E-state index contributed by atoms with van der Waals surface area (Å²) in [6, 6.07) is 8.96. The highest BCUT2D eigenvalue weighted by Crippen LogP contribution is 2.18. The maximum absolute atomic E-state index is 13.1. The Morgan fingerprint density at radius 3 is 2.33 bits per heavy atom. The third-order valence-corrected chi connectivity index (χ3v) is 2.73. The predicted molar refractivity (Wildman–Crippen MR) is 66.2 cm³/mol. The van der Waals surface area contributed by atoms with Crippen molar-refractivity contribution >= 4 is 0 Å². The Morgan fingerprint density at radius 2 is 1.78 bits per heavy atom. The molecule has 0 amide bonds. The first kappa shape index (κ1) is 12.1. The Kier molecular flexibility index (Phi) is 2.99. The molecule has 0 unspecified atom stereocenters. The Bertz CT molecular complexity index is 684.